The molecule has 0 aliphatic heterocycles. The van der Waals surface area contributed by atoms with Crippen LogP contribution >= 0.6 is 0 Å². The molecule has 0 aromatic heterocycles. The molecule has 1 rings (SSSR count). The second kappa shape index (κ2) is 6.61. The first-order valence-corrected chi connectivity index (χ1v) is 3.86. The van der Waals surface area contributed by atoms with Crippen LogP contribution in [0.25, 0.3) is 0 Å². The summed E-state index contributed by atoms with van der Waals surface area (Å²) in [7, 11) is 0. The molecule has 0 saturated heterocycles. The minimum Gasteiger partial charge on any atom is -0.411 e. The minimum atomic E-state index is -0.349. The van der Waals surface area contributed by atoms with E-state index in [4.69, 9.17) is 5.90 Å². The van der Waals surface area contributed by atoms with Gasteiger partial charge in [-0.1, -0.05) is 26.3 Å². The Hall–Kier alpha value is -1.09. The van der Waals surface area contributed by atoms with Crippen LogP contribution in [-0.2, 0) is 0 Å². The molecule has 0 heterocycles. The van der Waals surface area contributed by atoms with Crippen molar-refractivity contribution in [3.63, 3.8) is 0 Å². The topological polar surface area (TPSA) is 35.2 Å². The average molecular weight is 171 g/mol. The van der Waals surface area contributed by atoms with Crippen LogP contribution < -0.4 is 10.7 Å². The van der Waals surface area contributed by atoms with Crippen molar-refractivity contribution in [2.24, 2.45) is 5.90 Å². The number of nitrogens with two attached hydrogens (primary N) is 1. The van der Waals surface area contributed by atoms with E-state index in [9.17, 15) is 4.39 Å². The van der Waals surface area contributed by atoms with Crippen LogP contribution in [0.2, 0.25) is 0 Å². The lowest BCUT2D eigenvalue weighted by Gasteiger charge is -1.94. The number of benzene rings is 1. The predicted molar refractivity (Wildman–Crippen MR) is 47.2 cm³/mol. The summed E-state index contributed by atoms with van der Waals surface area (Å²) in [5.41, 5.74) is 0. The van der Waals surface area contributed by atoms with Gasteiger partial charge < -0.3 is 4.84 Å². The second-order valence-corrected chi connectivity index (χ2v) is 2.28. The Kier molecular flexibility index (Phi) is 6.01. The highest BCUT2D eigenvalue weighted by Gasteiger charge is 1.90. The van der Waals surface area contributed by atoms with Crippen molar-refractivity contribution in [1.82, 2.24) is 0 Å². The van der Waals surface area contributed by atoms with Gasteiger partial charge in [-0.25, -0.2) is 4.39 Å². The molecule has 12 heavy (non-hydrogen) atoms. The first-order valence-electron chi connectivity index (χ1n) is 3.86. The Labute approximate surface area is 72.1 Å². The molecule has 1 aromatic rings. The number of hydrogen-bond acceptors (Lipinski definition) is 2. The Morgan fingerprint density at radius 2 is 2.00 bits per heavy atom. The van der Waals surface area contributed by atoms with Crippen LogP contribution in [0.4, 0.5) is 4.39 Å². The van der Waals surface area contributed by atoms with E-state index in [1.807, 2.05) is 0 Å². The maximum absolute atomic E-state index is 12.2. The largest absolute Gasteiger partial charge is 0.411 e. The van der Waals surface area contributed by atoms with E-state index >= 15 is 0 Å². The standard InChI is InChI=1S/C6H6FNO.C3H8/c7-5-2-1-3-6(4-5)9-8;1-3-2/h1-4H,8H2;3H2,1-2H3. The third-order valence-corrected chi connectivity index (χ3v) is 0.932. The maximum Gasteiger partial charge on any atom is 0.149 e. The summed E-state index contributed by atoms with van der Waals surface area (Å²) in [5.74, 6) is 4.73. The van der Waals surface area contributed by atoms with Crippen molar-refractivity contribution >= 4 is 0 Å². The van der Waals surface area contributed by atoms with E-state index < -0.39 is 0 Å². The Balaban J connectivity index is 0.000000354. The van der Waals surface area contributed by atoms with Gasteiger partial charge in [0.05, 0.1) is 0 Å². The molecule has 68 valence electrons. The highest BCUT2D eigenvalue weighted by atomic mass is 19.1. The zero-order valence-electron chi connectivity index (χ0n) is 7.38. The van der Waals surface area contributed by atoms with Gasteiger partial charge in [0, 0.05) is 6.07 Å². The highest BCUT2D eigenvalue weighted by molar-refractivity contribution is 5.21. The van der Waals surface area contributed by atoms with Crippen LogP contribution in [-0.4, -0.2) is 0 Å². The third kappa shape index (κ3) is 4.68. The van der Waals surface area contributed by atoms with Crippen LogP contribution in [0.5, 0.6) is 5.75 Å². The molecule has 0 spiro atoms. The molecule has 0 aliphatic carbocycles. The van der Waals surface area contributed by atoms with Crippen LogP contribution in [0.3, 0.4) is 0 Å². The van der Waals surface area contributed by atoms with Gasteiger partial charge in [0.1, 0.15) is 11.6 Å². The van der Waals surface area contributed by atoms with Crippen molar-refractivity contribution in [3.05, 3.63) is 30.1 Å². The molecule has 0 unspecified atom stereocenters. The smallest absolute Gasteiger partial charge is 0.149 e. The summed E-state index contributed by atoms with van der Waals surface area (Å²) in [5, 5.41) is 0. The van der Waals surface area contributed by atoms with Gasteiger partial charge in [0.2, 0.25) is 0 Å². The van der Waals surface area contributed by atoms with Gasteiger partial charge in [0.25, 0.3) is 0 Å². The van der Waals surface area contributed by atoms with Gasteiger partial charge in [-0.3, -0.25) is 0 Å². The van der Waals surface area contributed by atoms with Crippen molar-refractivity contribution in [3.8, 4) is 5.75 Å². The lowest BCUT2D eigenvalue weighted by molar-refractivity contribution is 0.332. The summed E-state index contributed by atoms with van der Waals surface area (Å²) in [6, 6.07) is 5.63. The molecule has 2 N–H and O–H groups in total. The fourth-order valence-electron chi connectivity index (χ4n) is 0.540. The maximum atomic E-state index is 12.2. The van der Waals surface area contributed by atoms with E-state index in [1.54, 1.807) is 6.07 Å². The van der Waals surface area contributed by atoms with E-state index in [2.05, 4.69) is 18.7 Å². The molecule has 1 aromatic carbocycles. The lowest BCUT2D eigenvalue weighted by Crippen LogP contribution is -2.01. The summed E-state index contributed by atoms with van der Waals surface area (Å²) in [6.07, 6.45) is 1.25. The summed E-state index contributed by atoms with van der Waals surface area (Å²) >= 11 is 0. The molecular formula is C9H14FNO. The summed E-state index contributed by atoms with van der Waals surface area (Å²) in [4.78, 5) is 4.26. The Bertz CT molecular complexity index is 215. The molecule has 0 aliphatic rings. The summed E-state index contributed by atoms with van der Waals surface area (Å²) < 4.78 is 12.2. The van der Waals surface area contributed by atoms with Crippen molar-refractivity contribution in [2.45, 2.75) is 20.3 Å². The van der Waals surface area contributed by atoms with Crippen molar-refractivity contribution < 1.29 is 9.23 Å². The number of rotatable bonds is 1. The van der Waals surface area contributed by atoms with Crippen molar-refractivity contribution in [1.29, 1.82) is 0 Å². The molecule has 2 nitrogen and oxygen atoms in total. The van der Waals surface area contributed by atoms with E-state index in [1.165, 1.54) is 24.6 Å². The molecule has 0 amide bonds. The molecular weight excluding hydrogens is 157 g/mol. The molecule has 0 fully saturated rings. The van der Waals surface area contributed by atoms with Crippen LogP contribution in [0, 0.1) is 5.82 Å². The van der Waals surface area contributed by atoms with Gasteiger partial charge in [-0.05, 0) is 12.1 Å². The van der Waals surface area contributed by atoms with Crippen LogP contribution in [0.1, 0.15) is 20.3 Å². The van der Waals surface area contributed by atoms with Gasteiger partial charge >= 0.3 is 0 Å². The normalized spacial score (nSPS) is 8.33. The molecule has 0 radical (unpaired) electrons. The summed E-state index contributed by atoms with van der Waals surface area (Å²) in [6.45, 7) is 4.25. The minimum absolute atomic E-state index is 0.329. The fourth-order valence-corrected chi connectivity index (χ4v) is 0.540. The average Bonchev–Trinajstić information content (AvgIpc) is 2.06. The molecule has 0 atom stereocenters. The fraction of sp³-hybridized carbons (Fsp3) is 0.333. The zero-order valence-corrected chi connectivity index (χ0v) is 7.38. The second-order valence-electron chi connectivity index (χ2n) is 2.28. The van der Waals surface area contributed by atoms with Crippen molar-refractivity contribution in [2.75, 3.05) is 0 Å². The SMILES string of the molecule is CCC.NOc1cccc(F)c1. The van der Waals surface area contributed by atoms with Gasteiger partial charge in [-0.15, -0.1) is 0 Å². The third-order valence-electron chi connectivity index (χ3n) is 0.932. The quantitative estimate of drug-likeness (QED) is 0.659. The Morgan fingerprint density at radius 3 is 2.33 bits per heavy atom. The molecule has 0 saturated carbocycles. The van der Waals surface area contributed by atoms with E-state index in [0.29, 0.717) is 5.75 Å². The van der Waals surface area contributed by atoms with E-state index in [0.717, 1.165) is 0 Å². The lowest BCUT2D eigenvalue weighted by atomic mass is 10.3. The van der Waals surface area contributed by atoms with Gasteiger partial charge in [0.15, 0.2) is 0 Å². The van der Waals surface area contributed by atoms with Crippen LogP contribution in [0.15, 0.2) is 24.3 Å². The predicted octanol–water partition coefficient (Wildman–Crippen LogP) is 2.49. The molecule has 0 bridgehead atoms. The van der Waals surface area contributed by atoms with Gasteiger partial charge in [-0.2, -0.15) is 5.90 Å². The zero-order chi connectivity index (χ0) is 9.40. The molecule has 3 heteroatoms. The first kappa shape index (κ1) is 10.9. The number of halogens is 1. The number of hydrogen-bond donors (Lipinski definition) is 1. The van der Waals surface area contributed by atoms with E-state index in [-0.39, 0.29) is 5.82 Å². The Morgan fingerprint density at radius 1 is 1.42 bits per heavy atom. The first-order chi connectivity index (χ1) is 5.74. The monoisotopic (exact) mass is 171 g/mol. The highest BCUT2D eigenvalue weighted by Crippen LogP contribution is 2.09.